The number of furan rings is 2. The number of rotatable bonds is 1. The second-order valence-electron chi connectivity index (χ2n) is 8.74. The molecule has 8 rings (SSSR count). The molecule has 158 valence electrons. The lowest BCUT2D eigenvalue weighted by atomic mass is 10.0. The van der Waals surface area contributed by atoms with Crippen molar-refractivity contribution < 1.29 is 8.83 Å². The third-order valence-corrected chi connectivity index (χ3v) is 7.74. The van der Waals surface area contributed by atoms with Crippen molar-refractivity contribution in [2.75, 3.05) is 0 Å². The molecular formula is C30H15NO2S. The number of nitrogens with zero attached hydrogens (tertiary/aromatic N) is 1. The topological polar surface area (TPSA) is 39.2 Å². The Kier molecular flexibility index (Phi) is 3.40. The molecule has 0 aliphatic heterocycles. The van der Waals surface area contributed by atoms with E-state index in [-0.39, 0.29) is 0 Å². The van der Waals surface area contributed by atoms with Crippen LogP contribution in [0.3, 0.4) is 0 Å². The Morgan fingerprint density at radius 3 is 2.65 bits per heavy atom. The Balaban J connectivity index is 1.40. The number of benzene rings is 3. The van der Waals surface area contributed by atoms with E-state index in [1.807, 2.05) is 12.3 Å². The molecule has 0 atom stereocenters. The fraction of sp³-hybridized carbons (Fsp3) is 0.0333. The monoisotopic (exact) mass is 453 g/mol. The fourth-order valence-corrected chi connectivity index (χ4v) is 6.11. The number of pyridine rings is 1. The average Bonchev–Trinajstić information content (AvgIpc) is 3.52. The highest BCUT2D eigenvalue weighted by molar-refractivity contribution is 7.25. The van der Waals surface area contributed by atoms with Crippen LogP contribution in [0.25, 0.3) is 75.3 Å². The molecule has 8 aromatic rings. The van der Waals surface area contributed by atoms with E-state index in [0.717, 1.165) is 59.8 Å². The summed E-state index contributed by atoms with van der Waals surface area (Å²) in [4.78, 5) is 4.76. The van der Waals surface area contributed by atoms with E-state index in [1.165, 1.54) is 21.0 Å². The van der Waals surface area contributed by atoms with Gasteiger partial charge < -0.3 is 8.83 Å². The lowest BCUT2D eigenvalue weighted by molar-refractivity contribution is 0.666. The van der Waals surface area contributed by atoms with Crippen LogP contribution >= 0.6 is 11.3 Å². The van der Waals surface area contributed by atoms with Crippen molar-refractivity contribution in [1.29, 1.82) is 0 Å². The van der Waals surface area contributed by atoms with E-state index < -0.39 is 0 Å². The van der Waals surface area contributed by atoms with Gasteiger partial charge in [0.15, 0.2) is 5.58 Å². The third-order valence-electron chi connectivity index (χ3n) is 6.66. The molecular weight excluding hydrogens is 438 g/mol. The highest BCUT2D eigenvalue weighted by Crippen LogP contribution is 2.40. The zero-order valence-electron chi connectivity index (χ0n) is 18.1. The van der Waals surface area contributed by atoms with Gasteiger partial charge in [0.05, 0.1) is 16.6 Å². The number of hydrogen-bond acceptors (Lipinski definition) is 4. The van der Waals surface area contributed by atoms with E-state index in [1.54, 1.807) is 11.3 Å². The molecule has 0 aliphatic rings. The minimum atomic E-state index is 0.785. The van der Waals surface area contributed by atoms with Crippen molar-refractivity contribution in [1.82, 2.24) is 4.98 Å². The third kappa shape index (κ3) is 2.39. The number of aryl methyl sites for hydroxylation is 1. The minimum absolute atomic E-state index is 0.785. The summed E-state index contributed by atoms with van der Waals surface area (Å²) in [6.07, 6.45) is 1.82. The highest BCUT2D eigenvalue weighted by Gasteiger charge is 2.16. The van der Waals surface area contributed by atoms with Crippen LogP contribution < -0.4 is 0 Å². The van der Waals surface area contributed by atoms with Gasteiger partial charge in [0.1, 0.15) is 16.7 Å². The van der Waals surface area contributed by atoms with Gasteiger partial charge in [-0.25, -0.2) is 0 Å². The zero-order valence-corrected chi connectivity index (χ0v) is 18.9. The average molecular weight is 454 g/mol. The summed E-state index contributed by atoms with van der Waals surface area (Å²) in [5.41, 5.74) is 6.45. The molecule has 4 aromatic heterocycles. The van der Waals surface area contributed by atoms with E-state index >= 15 is 0 Å². The second-order valence-corrected chi connectivity index (χ2v) is 9.80. The summed E-state index contributed by atoms with van der Waals surface area (Å²) in [6.45, 7) is 2.08. The minimum Gasteiger partial charge on any atom is -0.455 e. The summed E-state index contributed by atoms with van der Waals surface area (Å²) in [6, 6.07) is 29.4. The van der Waals surface area contributed by atoms with Gasteiger partial charge >= 0.3 is 0 Å². The molecule has 0 N–H and O–H groups in total. The molecule has 0 unspecified atom stereocenters. The van der Waals surface area contributed by atoms with Crippen molar-refractivity contribution in [3.05, 3.63) is 90.6 Å². The Morgan fingerprint density at radius 2 is 1.68 bits per heavy atom. The van der Waals surface area contributed by atoms with E-state index in [0.29, 0.717) is 0 Å². The predicted molar refractivity (Wildman–Crippen MR) is 140 cm³/mol. The molecule has 0 aliphatic carbocycles. The van der Waals surface area contributed by atoms with Gasteiger partial charge in [0.25, 0.3) is 0 Å². The van der Waals surface area contributed by atoms with Gasteiger partial charge in [-0.05, 0) is 55.0 Å². The lowest BCUT2D eigenvalue weighted by Crippen LogP contribution is -1.83. The normalized spacial score (nSPS) is 12.0. The lowest BCUT2D eigenvalue weighted by Gasteiger charge is -2.02. The van der Waals surface area contributed by atoms with Crippen LogP contribution in [0.5, 0.6) is 0 Å². The maximum atomic E-state index is 6.32. The van der Waals surface area contributed by atoms with Crippen LogP contribution in [-0.2, 0) is 0 Å². The smallest absolute Gasteiger partial charge is 0.153 e. The summed E-state index contributed by atoms with van der Waals surface area (Å²) < 4.78 is 14.9. The number of aromatic nitrogens is 1. The quantitative estimate of drug-likeness (QED) is 0.249. The molecule has 0 saturated carbocycles. The Bertz CT molecular complexity index is 2090. The van der Waals surface area contributed by atoms with Gasteiger partial charge in [-0.1, -0.05) is 36.4 Å². The fourth-order valence-electron chi connectivity index (χ4n) is 5.04. The number of fused-ring (bicyclic) bond motifs is 9. The van der Waals surface area contributed by atoms with Crippen LogP contribution in [0.15, 0.2) is 81.8 Å². The molecule has 3 nitrogen and oxygen atoms in total. The van der Waals surface area contributed by atoms with Crippen LogP contribution in [0.1, 0.15) is 5.56 Å². The van der Waals surface area contributed by atoms with Crippen molar-refractivity contribution in [2.45, 2.75) is 6.92 Å². The van der Waals surface area contributed by atoms with E-state index in [9.17, 15) is 0 Å². The Morgan fingerprint density at radius 1 is 0.765 bits per heavy atom. The van der Waals surface area contributed by atoms with Crippen LogP contribution in [0.2, 0.25) is 0 Å². The molecule has 4 heteroatoms. The number of hydrogen-bond donors (Lipinski definition) is 0. The van der Waals surface area contributed by atoms with Gasteiger partial charge in [0.2, 0.25) is 0 Å². The maximum absolute atomic E-state index is 6.32. The second kappa shape index (κ2) is 6.38. The first-order valence-corrected chi connectivity index (χ1v) is 11.9. The number of thiophene rings is 1. The first-order valence-electron chi connectivity index (χ1n) is 11.1. The molecule has 0 amide bonds. The van der Waals surface area contributed by atoms with E-state index in [2.05, 4.69) is 79.7 Å². The zero-order chi connectivity index (χ0) is 22.4. The molecule has 34 heavy (non-hydrogen) atoms. The van der Waals surface area contributed by atoms with Crippen molar-refractivity contribution >= 4 is 75.4 Å². The largest absolute Gasteiger partial charge is 0.455 e. The van der Waals surface area contributed by atoms with E-state index in [4.69, 9.17) is 13.8 Å². The molecule has 4 aromatic carbocycles. The molecule has 0 bridgehead atoms. The van der Waals surface area contributed by atoms with Crippen LogP contribution in [0.4, 0.5) is 0 Å². The SMILES string of the molecule is Cc1ccc2c(c1)oc1c(-c3cc4c(cn3)oc3cc5c(cc34)sc3c#cccc35)cccc12. The molecule has 0 radical (unpaired) electrons. The number of para-hydroxylation sites is 1. The maximum Gasteiger partial charge on any atom is 0.153 e. The highest BCUT2D eigenvalue weighted by atomic mass is 32.1. The summed E-state index contributed by atoms with van der Waals surface area (Å²) in [7, 11) is 0. The summed E-state index contributed by atoms with van der Waals surface area (Å²) in [5.74, 6) is 0. The summed E-state index contributed by atoms with van der Waals surface area (Å²) in [5, 5.41) is 6.75. The van der Waals surface area contributed by atoms with Gasteiger partial charge in [-0.3, -0.25) is 4.98 Å². The molecule has 0 saturated heterocycles. The van der Waals surface area contributed by atoms with Gasteiger partial charge in [0, 0.05) is 42.6 Å². The van der Waals surface area contributed by atoms with Crippen LogP contribution in [0, 0.1) is 19.1 Å². The van der Waals surface area contributed by atoms with Crippen molar-refractivity contribution in [2.24, 2.45) is 0 Å². The predicted octanol–water partition coefficient (Wildman–Crippen LogP) is 8.82. The van der Waals surface area contributed by atoms with Crippen molar-refractivity contribution in [3.8, 4) is 11.3 Å². The Labute approximate surface area is 197 Å². The molecule has 0 spiro atoms. The first-order chi connectivity index (χ1) is 16.7. The Hall–Kier alpha value is -4.33. The van der Waals surface area contributed by atoms with Crippen molar-refractivity contribution in [3.63, 3.8) is 0 Å². The molecule has 4 heterocycles. The first kappa shape index (κ1) is 18.1. The standard InChI is InChI=1S/C30H15NO2S/c1-16-9-10-17-19-6-4-7-20(30(19)33-25(17)11-16)24-12-21-22-14-29-23(13-26(22)32-27(21)15-31-24)18-5-2-3-8-28(18)34-29/h2,4-7,9-15H,1H3. The van der Waals surface area contributed by atoms with Gasteiger partial charge in [-0.2, -0.15) is 0 Å². The van der Waals surface area contributed by atoms with Crippen LogP contribution in [-0.4, -0.2) is 4.98 Å². The summed E-state index contributed by atoms with van der Waals surface area (Å²) >= 11 is 1.74. The van der Waals surface area contributed by atoms with Gasteiger partial charge in [-0.15, -0.1) is 11.3 Å². The molecule has 0 fully saturated rings.